The van der Waals surface area contributed by atoms with Crippen LogP contribution in [0.2, 0.25) is 10.0 Å². The number of hydrogen-bond donors (Lipinski definition) is 1. The molecular formula is C14H14Cl2N2O. The Morgan fingerprint density at radius 2 is 2.00 bits per heavy atom. The highest BCUT2D eigenvalue weighted by molar-refractivity contribution is 6.34. The van der Waals surface area contributed by atoms with Gasteiger partial charge >= 0.3 is 0 Å². The van der Waals surface area contributed by atoms with Gasteiger partial charge in [0.25, 0.3) is 0 Å². The normalized spacial score (nSPS) is 12.2. The van der Waals surface area contributed by atoms with Crippen LogP contribution >= 0.6 is 23.2 Å². The number of hydrogen-bond acceptors (Lipinski definition) is 3. The van der Waals surface area contributed by atoms with E-state index < -0.39 is 0 Å². The number of methoxy groups -OCH3 is 1. The summed E-state index contributed by atoms with van der Waals surface area (Å²) < 4.78 is 5.38. The Kier molecular flexibility index (Phi) is 4.64. The molecule has 1 N–H and O–H groups in total. The Bertz CT molecular complexity index is 575. The molecule has 1 aromatic carbocycles. The van der Waals surface area contributed by atoms with Gasteiger partial charge in [-0.15, -0.1) is 0 Å². The maximum atomic E-state index is 6.22. The molecule has 2 aromatic rings. The predicted molar refractivity (Wildman–Crippen MR) is 78.2 cm³/mol. The van der Waals surface area contributed by atoms with Crippen molar-refractivity contribution < 1.29 is 4.74 Å². The molecule has 0 radical (unpaired) electrons. The highest BCUT2D eigenvalue weighted by atomic mass is 35.5. The minimum absolute atomic E-state index is 0.152. The molecule has 19 heavy (non-hydrogen) atoms. The number of aromatic nitrogens is 1. The molecule has 0 bridgehead atoms. The quantitative estimate of drug-likeness (QED) is 0.934. The predicted octanol–water partition coefficient (Wildman–Crippen LogP) is 3.71. The molecule has 0 aliphatic heterocycles. The Morgan fingerprint density at radius 1 is 1.26 bits per heavy atom. The monoisotopic (exact) mass is 296 g/mol. The molecule has 1 aromatic heterocycles. The van der Waals surface area contributed by atoms with Gasteiger partial charge in [-0.3, -0.25) is 4.98 Å². The second kappa shape index (κ2) is 6.24. The first-order valence-corrected chi connectivity index (χ1v) is 6.54. The van der Waals surface area contributed by atoms with E-state index in [1.165, 1.54) is 0 Å². The number of rotatable bonds is 4. The average molecular weight is 297 g/mol. The molecule has 0 spiro atoms. The number of benzene rings is 1. The van der Waals surface area contributed by atoms with Crippen LogP contribution < -0.4 is 10.1 Å². The summed E-state index contributed by atoms with van der Waals surface area (Å²) >= 11 is 12.1. The van der Waals surface area contributed by atoms with E-state index in [1.807, 2.05) is 31.3 Å². The van der Waals surface area contributed by atoms with Crippen molar-refractivity contribution in [3.8, 4) is 5.75 Å². The summed E-state index contributed by atoms with van der Waals surface area (Å²) in [5.74, 6) is 0.787. The zero-order chi connectivity index (χ0) is 13.8. The van der Waals surface area contributed by atoms with E-state index in [4.69, 9.17) is 27.9 Å². The third-order valence-corrected chi connectivity index (χ3v) is 3.36. The van der Waals surface area contributed by atoms with E-state index >= 15 is 0 Å². The van der Waals surface area contributed by atoms with Crippen LogP contribution in [0.3, 0.4) is 0 Å². The summed E-state index contributed by atoms with van der Waals surface area (Å²) in [6.07, 6.45) is 1.59. The second-order valence-corrected chi connectivity index (χ2v) is 4.83. The van der Waals surface area contributed by atoms with Crippen molar-refractivity contribution in [2.75, 3.05) is 14.2 Å². The first-order chi connectivity index (χ1) is 9.17. The lowest BCUT2D eigenvalue weighted by molar-refractivity contribution is 0.405. The lowest BCUT2D eigenvalue weighted by atomic mass is 10.0. The smallest absolute Gasteiger partial charge is 0.124 e. The molecule has 0 amide bonds. The third-order valence-electron chi connectivity index (χ3n) is 2.85. The maximum absolute atomic E-state index is 6.22. The Morgan fingerprint density at radius 3 is 2.63 bits per heavy atom. The molecule has 0 saturated heterocycles. The van der Waals surface area contributed by atoms with Gasteiger partial charge in [0.05, 0.1) is 28.9 Å². The van der Waals surface area contributed by atoms with Gasteiger partial charge in [0.15, 0.2) is 0 Å². The molecule has 5 heteroatoms. The van der Waals surface area contributed by atoms with E-state index in [-0.39, 0.29) is 6.04 Å². The van der Waals surface area contributed by atoms with Gasteiger partial charge in [0, 0.05) is 11.8 Å². The van der Waals surface area contributed by atoms with E-state index in [2.05, 4.69) is 10.3 Å². The fourth-order valence-corrected chi connectivity index (χ4v) is 2.47. The summed E-state index contributed by atoms with van der Waals surface area (Å²) in [6, 6.07) is 9.29. The van der Waals surface area contributed by atoms with Crippen LogP contribution in [-0.4, -0.2) is 19.1 Å². The molecule has 100 valence electrons. The Balaban J connectivity index is 2.50. The maximum Gasteiger partial charge on any atom is 0.124 e. The number of ether oxygens (including phenoxy) is 1. The van der Waals surface area contributed by atoms with Crippen LogP contribution in [0.1, 0.15) is 17.3 Å². The summed E-state index contributed by atoms with van der Waals surface area (Å²) in [5, 5.41) is 4.24. The Labute approximate surface area is 122 Å². The number of pyridine rings is 1. The van der Waals surface area contributed by atoms with Crippen molar-refractivity contribution in [2.45, 2.75) is 6.04 Å². The molecule has 2 rings (SSSR count). The summed E-state index contributed by atoms with van der Waals surface area (Å²) in [4.78, 5) is 4.32. The highest BCUT2D eigenvalue weighted by Gasteiger charge is 2.20. The molecule has 3 nitrogen and oxygen atoms in total. The molecule has 1 heterocycles. The third kappa shape index (κ3) is 3.00. The van der Waals surface area contributed by atoms with Crippen molar-refractivity contribution in [3.63, 3.8) is 0 Å². The molecule has 1 atom stereocenters. The van der Waals surface area contributed by atoms with Gasteiger partial charge in [-0.25, -0.2) is 0 Å². The van der Waals surface area contributed by atoms with Crippen molar-refractivity contribution in [3.05, 3.63) is 57.8 Å². The van der Waals surface area contributed by atoms with Gasteiger partial charge < -0.3 is 10.1 Å². The van der Waals surface area contributed by atoms with E-state index in [0.29, 0.717) is 10.0 Å². The molecular weight excluding hydrogens is 283 g/mol. The minimum Gasteiger partial charge on any atom is -0.496 e. The lowest BCUT2D eigenvalue weighted by Crippen LogP contribution is -2.20. The number of para-hydroxylation sites is 1. The van der Waals surface area contributed by atoms with Crippen molar-refractivity contribution >= 4 is 23.2 Å². The zero-order valence-electron chi connectivity index (χ0n) is 10.7. The second-order valence-electron chi connectivity index (χ2n) is 3.98. The van der Waals surface area contributed by atoms with Crippen molar-refractivity contribution in [1.82, 2.24) is 10.3 Å². The van der Waals surface area contributed by atoms with Gasteiger partial charge in [-0.2, -0.15) is 0 Å². The topological polar surface area (TPSA) is 34.1 Å². The van der Waals surface area contributed by atoms with Crippen LogP contribution in [0.15, 0.2) is 36.5 Å². The standard InChI is InChI=1S/C14H14Cl2N2O/c1-17-13(10-5-3-4-6-12(10)19-2)14-11(16)7-9(15)8-18-14/h3-8,13,17H,1-2H3. The van der Waals surface area contributed by atoms with Crippen molar-refractivity contribution in [2.24, 2.45) is 0 Å². The van der Waals surface area contributed by atoms with Crippen LogP contribution in [-0.2, 0) is 0 Å². The molecule has 0 aliphatic rings. The van der Waals surface area contributed by atoms with E-state index in [9.17, 15) is 0 Å². The van der Waals surface area contributed by atoms with Gasteiger partial charge in [-0.1, -0.05) is 41.4 Å². The van der Waals surface area contributed by atoms with Gasteiger partial charge in [0.2, 0.25) is 0 Å². The van der Waals surface area contributed by atoms with Gasteiger partial charge in [0.1, 0.15) is 5.75 Å². The summed E-state index contributed by atoms with van der Waals surface area (Å²) in [5.41, 5.74) is 1.70. The molecule has 0 saturated carbocycles. The molecule has 1 unspecified atom stereocenters. The fourth-order valence-electron chi connectivity index (χ4n) is 1.98. The fraction of sp³-hybridized carbons (Fsp3) is 0.214. The minimum atomic E-state index is -0.152. The number of nitrogens with one attached hydrogen (secondary N) is 1. The largest absolute Gasteiger partial charge is 0.496 e. The van der Waals surface area contributed by atoms with Gasteiger partial charge in [-0.05, 0) is 19.2 Å². The summed E-state index contributed by atoms with van der Waals surface area (Å²) in [6.45, 7) is 0. The van der Waals surface area contributed by atoms with E-state index in [0.717, 1.165) is 17.0 Å². The average Bonchev–Trinajstić information content (AvgIpc) is 2.42. The van der Waals surface area contributed by atoms with Crippen LogP contribution in [0.4, 0.5) is 0 Å². The highest BCUT2D eigenvalue weighted by Crippen LogP contribution is 2.32. The molecule has 0 aliphatic carbocycles. The number of halogens is 2. The first-order valence-electron chi connectivity index (χ1n) is 5.78. The number of nitrogens with zero attached hydrogens (tertiary/aromatic N) is 1. The zero-order valence-corrected chi connectivity index (χ0v) is 12.2. The SMILES string of the molecule is CNC(c1ccccc1OC)c1ncc(Cl)cc1Cl. The first kappa shape index (κ1) is 14.1. The lowest BCUT2D eigenvalue weighted by Gasteiger charge is -2.19. The molecule has 0 fully saturated rings. The van der Waals surface area contributed by atoms with Crippen molar-refractivity contribution in [1.29, 1.82) is 0 Å². The van der Waals surface area contributed by atoms with Crippen LogP contribution in [0.25, 0.3) is 0 Å². The van der Waals surface area contributed by atoms with E-state index in [1.54, 1.807) is 19.4 Å². The summed E-state index contributed by atoms with van der Waals surface area (Å²) in [7, 11) is 3.49. The van der Waals surface area contributed by atoms with Crippen LogP contribution in [0.5, 0.6) is 5.75 Å². The van der Waals surface area contributed by atoms with Crippen LogP contribution in [0, 0.1) is 0 Å². The Hall–Kier alpha value is -1.29.